The summed E-state index contributed by atoms with van der Waals surface area (Å²) in [6.07, 6.45) is 0.470. The number of aromatic nitrogens is 2. The number of nitrogens with zero attached hydrogens (tertiary/aromatic N) is 2. The zero-order valence-corrected chi connectivity index (χ0v) is 15.5. The average Bonchev–Trinajstić information content (AvgIpc) is 2.96. The minimum Gasteiger partial charge on any atom is -0.344 e. The number of halogens is 1. The van der Waals surface area contributed by atoms with Crippen LogP contribution < -0.4 is 5.32 Å². The van der Waals surface area contributed by atoms with E-state index in [0.717, 1.165) is 11.1 Å². The molecular weight excluding hydrogens is 326 g/mol. The normalized spacial score (nSPS) is 12.7. The lowest BCUT2D eigenvalue weighted by atomic mass is 10.0. The van der Waals surface area contributed by atoms with Crippen LogP contribution in [-0.4, -0.2) is 16.0 Å². The Balaban J connectivity index is 2.22. The first-order valence-corrected chi connectivity index (χ1v) is 8.55. The van der Waals surface area contributed by atoms with E-state index in [0.29, 0.717) is 29.1 Å². The number of carbonyl (C=O) groups is 1. The number of carbonyl (C=O) groups excluding carboxylic acids is 1. The Bertz CT molecular complexity index is 710. The van der Waals surface area contributed by atoms with Gasteiger partial charge in [0, 0.05) is 17.0 Å². The fourth-order valence-corrected chi connectivity index (χ4v) is 2.51. The summed E-state index contributed by atoms with van der Waals surface area (Å²) in [5.74, 6) is 1.30. The third kappa shape index (κ3) is 4.57. The largest absolute Gasteiger partial charge is 0.344 e. The van der Waals surface area contributed by atoms with E-state index in [1.165, 1.54) is 0 Å². The molecule has 0 aliphatic heterocycles. The molecule has 1 aromatic heterocycles. The van der Waals surface area contributed by atoms with Gasteiger partial charge < -0.3 is 9.84 Å². The van der Waals surface area contributed by atoms with Crippen LogP contribution in [0.5, 0.6) is 0 Å². The zero-order valence-electron chi connectivity index (χ0n) is 14.8. The standard InChI is InChI=1S/C18H24ClN3O2/c1-10(2)8-15(23)20-16(11(3)4)18-21-17(22-24-18)13-7-6-12(5)14(19)9-13/h6-7,9-11,16H,8H2,1-5H3,(H,20,23)/t16-/m0/s1. The van der Waals surface area contributed by atoms with Crippen LogP contribution in [0.1, 0.15) is 51.6 Å². The summed E-state index contributed by atoms with van der Waals surface area (Å²) < 4.78 is 5.40. The van der Waals surface area contributed by atoms with Gasteiger partial charge in [0.1, 0.15) is 6.04 Å². The SMILES string of the molecule is Cc1ccc(-c2noc([C@@H](NC(=O)CC(C)C)C(C)C)n2)cc1Cl. The highest BCUT2D eigenvalue weighted by atomic mass is 35.5. The Morgan fingerprint density at radius 2 is 2.00 bits per heavy atom. The van der Waals surface area contributed by atoms with E-state index < -0.39 is 0 Å². The number of nitrogens with one attached hydrogen (secondary N) is 1. The molecule has 0 aliphatic carbocycles. The number of benzene rings is 1. The topological polar surface area (TPSA) is 68.0 Å². The molecule has 6 heteroatoms. The molecule has 0 aliphatic rings. The first kappa shape index (κ1) is 18.5. The summed E-state index contributed by atoms with van der Waals surface area (Å²) >= 11 is 6.16. The fourth-order valence-electron chi connectivity index (χ4n) is 2.33. The summed E-state index contributed by atoms with van der Waals surface area (Å²) in [6.45, 7) is 9.97. The van der Waals surface area contributed by atoms with Gasteiger partial charge in [-0.25, -0.2) is 0 Å². The van der Waals surface area contributed by atoms with Gasteiger partial charge in [0.25, 0.3) is 0 Å². The minimum absolute atomic E-state index is 0.0122. The van der Waals surface area contributed by atoms with Gasteiger partial charge in [0.15, 0.2) is 0 Å². The quantitative estimate of drug-likeness (QED) is 0.830. The van der Waals surface area contributed by atoms with E-state index in [2.05, 4.69) is 15.5 Å². The number of aryl methyl sites for hydroxylation is 1. The van der Waals surface area contributed by atoms with Gasteiger partial charge in [0.05, 0.1) is 0 Å². The van der Waals surface area contributed by atoms with Crippen molar-refractivity contribution in [3.63, 3.8) is 0 Å². The number of hydrogen-bond acceptors (Lipinski definition) is 4. The van der Waals surface area contributed by atoms with Crippen LogP contribution in [0.2, 0.25) is 5.02 Å². The van der Waals surface area contributed by atoms with Crippen LogP contribution in [-0.2, 0) is 4.79 Å². The Labute approximate surface area is 147 Å². The molecule has 1 aromatic carbocycles. The van der Waals surface area contributed by atoms with Crippen molar-refractivity contribution in [2.24, 2.45) is 11.8 Å². The maximum atomic E-state index is 12.1. The molecule has 0 spiro atoms. The molecule has 0 radical (unpaired) electrons. The predicted octanol–water partition coefficient (Wildman–Crippen LogP) is 4.56. The van der Waals surface area contributed by atoms with Gasteiger partial charge in [-0.2, -0.15) is 4.98 Å². The lowest BCUT2D eigenvalue weighted by Gasteiger charge is -2.19. The molecule has 1 amide bonds. The maximum Gasteiger partial charge on any atom is 0.249 e. The fraction of sp³-hybridized carbons (Fsp3) is 0.500. The van der Waals surface area contributed by atoms with Gasteiger partial charge in [-0.1, -0.05) is 56.6 Å². The first-order valence-electron chi connectivity index (χ1n) is 8.17. The van der Waals surface area contributed by atoms with E-state index in [9.17, 15) is 4.79 Å². The Morgan fingerprint density at radius 3 is 2.58 bits per heavy atom. The van der Waals surface area contributed by atoms with Crippen LogP contribution in [0.3, 0.4) is 0 Å². The van der Waals surface area contributed by atoms with Crippen LogP contribution in [0.4, 0.5) is 0 Å². The predicted molar refractivity (Wildman–Crippen MR) is 94.7 cm³/mol. The van der Waals surface area contributed by atoms with Crippen molar-refractivity contribution in [1.29, 1.82) is 0 Å². The number of hydrogen-bond donors (Lipinski definition) is 1. The average molecular weight is 350 g/mol. The van der Waals surface area contributed by atoms with E-state index in [1.54, 1.807) is 0 Å². The number of rotatable bonds is 6. The molecule has 2 aromatic rings. The summed E-state index contributed by atoms with van der Waals surface area (Å²) in [5, 5.41) is 7.68. The third-order valence-electron chi connectivity index (χ3n) is 3.71. The van der Waals surface area contributed by atoms with Crippen molar-refractivity contribution in [3.05, 3.63) is 34.7 Å². The van der Waals surface area contributed by atoms with Gasteiger partial charge in [-0.3, -0.25) is 4.79 Å². The molecule has 1 atom stereocenters. The van der Waals surface area contributed by atoms with Crippen molar-refractivity contribution >= 4 is 17.5 Å². The van der Waals surface area contributed by atoms with Crippen molar-refractivity contribution in [3.8, 4) is 11.4 Å². The first-order chi connectivity index (χ1) is 11.3. The summed E-state index contributed by atoms with van der Waals surface area (Å²) in [4.78, 5) is 16.5. The van der Waals surface area contributed by atoms with Gasteiger partial charge in [-0.05, 0) is 30.4 Å². The smallest absolute Gasteiger partial charge is 0.249 e. The van der Waals surface area contributed by atoms with E-state index in [1.807, 2.05) is 52.8 Å². The maximum absolute atomic E-state index is 12.1. The van der Waals surface area contributed by atoms with Gasteiger partial charge >= 0.3 is 0 Å². The van der Waals surface area contributed by atoms with Crippen molar-refractivity contribution < 1.29 is 9.32 Å². The Hall–Kier alpha value is -1.88. The summed E-state index contributed by atoms with van der Waals surface area (Å²) in [7, 11) is 0. The molecule has 1 N–H and O–H groups in total. The highest BCUT2D eigenvalue weighted by molar-refractivity contribution is 6.31. The second-order valence-corrected chi connectivity index (χ2v) is 7.21. The van der Waals surface area contributed by atoms with E-state index >= 15 is 0 Å². The molecule has 0 bridgehead atoms. The highest BCUT2D eigenvalue weighted by Crippen LogP contribution is 2.26. The van der Waals surface area contributed by atoms with Crippen molar-refractivity contribution in [2.45, 2.75) is 47.1 Å². The van der Waals surface area contributed by atoms with Crippen molar-refractivity contribution in [1.82, 2.24) is 15.5 Å². The minimum atomic E-state index is -0.307. The molecule has 5 nitrogen and oxygen atoms in total. The zero-order chi connectivity index (χ0) is 17.9. The Morgan fingerprint density at radius 1 is 1.29 bits per heavy atom. The summed E-state index contributed by atoms with van der Waals surface area (Å²) in [6, 6.07) is 5.32. The van der Waals surface area contributed by atoms with Crippen molar-refractivity contribution in [2.75, 3.05) is 0 Å². The van der Waals surface area contributed by atoms with E-state index in [4.69, 9.17) is 16.1 Å². The molecule has 2 rings (SSSR count). The summed E-state index contributed by atoms with van der Waals surface area (Å²) in [5.41, 5.74) is 1.78. The van der Waals surface area contributed by atoms with Crippen LogP contribution in [0.25, 0.3) is 11.4 Å². The monoisotopic (exact) mass is 349 g/mol. The second kappa shape index (κ2) is 7.79. The third-order valence-corrected chi connectivity index (χ3v) is 4.12. The highest BCUT2D eigenvalue weighted by Gasteiger charge is 2.25. The molecule has 0 unspecified atom stereocenters. The van der Waals surface area contributed by atoms with Crippen LogP contribution in [0, 0.1) is 18.8 Å². The molecule has 0 fully saturated rings. The molecule has 24 heavy (non-hydrogen) atoms. The van der Waals surface area contributed by atoms with Crippen LogP contribution >= 0.6 is 11.6 Å². The molecular formula is C18H24ClN3O2. The van der Waals surface area contributed by atoms with Crippen LogP contribution in [0.15, 0.2) is 22.7 Å². The Kier molecular flexibility index (Phi) is 5.99. The lowest BCUT2D eigenvalue weighted by Crippen LogP contribution is -2.32. The van der Waals surface area contributed by atoms with E-state index in [-0.39, 0.29) is 17.9 Å². The molecule has 1 heterocycles. The molecule has 0 saturated heterocycles. The van der Waals surface area contributed by atoms with Gasteiger partial charge in [0.2, 0.25) is 17.6 Å². The lowest BCUT2D eigenvalue weighted by molar-refractivity contribution is -0.123. The number of amides is 1. The second-order valence-electron chi connectivity index (χ2n) is 6.81. The molecule has 0 saturated carbocycles. The van der Waals surface area contributed by atoms with Gasteiger partial charge in [-0.15, -0.1) is 0 Å². The molecule has 130 valence electrons.